The Morgan fingerprint density at radius 3 is 2.80 bits per heavy atom. The molecule has 0 saturated heterocycles. The lowest BCUT2D eigenvalue weighted by Gasteiger charge is -2.03. The summed E-state index contributed by atoms with van der Waals surface area (Å²) in [5.74, 6) is 0. The first-order valence-electron chi connectivity index (χ1n) is 3.83. The summed E-state index contributed by atoms with van der Waals surface area (Å²) in [6, 6.07) is 0. The average molecular weight is 270 g/mol. The van der Waals surface area contributed by atoms with Crippen LogP contribution in [0.25, 0.3) is 5.69 Å². The van der Waals surface area contributed by atoms with Gasteiger partial charge in [-0.05, 0) is 15.9 Å². The van der Waals surface area contributed by atoms with Crippen LogP contribution in [0, 0.1) is 10.1 Å². The van der Waals surface area contributed by atoms with E-state index in [0.29, 0.717) is 10.2 Å². The summed E-state index contributed by atoms with van der Waals surface area (Å²) in [7, 11) is 0. The van der Waals surface area contributed by atoms with Crippen molar-refractivity contribution in [3.05, 3.63) is 39.6 Å². The van der Waals surface area contributed by atoms with Crippen molar-refractivity contribution in [2.45, 2.75) is 0 Å². The first kappa shape index (κ1) is 9.71. The third-order valence-electron chi connectivity index (χ3n) is 1.70. The van der Waals surface area contributed by atoms with Crippen LogP contribution in [-0.2, 0) is 0 Å². The fourth-order valence-electron chi connectivity index (χ4n) is 1.10. The van der Waals surface area contributed by atoms with Crippen molar-refractivity contribution < 1.29 is 4.92 Å². The van der Waals surface area contributed by atoms with Gasteiger partial charge >= 0.3 is 5.69 Å². The van der Waals surface area contributed by atoms with E-state index < -0.39 is 4.92 Å². The zero-order valence-corrected chi connectivity index (χ0v) is 8.83. The summed E-state index contributed by atoms with van der Waals surface area (Å²) in [5.41, 5.74) is 0.183. The molecule has 0 aliphatic rings. The molecule has 0 aliphatic heterocycles. The Morgan fingerprint density at radius 1 is 1.40 bits per heavy atom. The average Bonchev–Trinajstić information content (AvgIpc) is 2.70. The molecule has 15 heavy (non-hydrogen) atoms. The predicted octanol–water partition coefficient (Wildman–Crippen LogP) is 1.33. The van der Waals surface area contributed by atoms with Crippen LogP contribution in [0.3, 0.4) is 0 Å². The molecule has 2 aromatic rings. The van der Waals surface area contributed by atoms with E-state index in [4.69, 9.17) is 0 Å². The molecular weight excluding hydrogens is 266 g/mol. The van der Waals surface area contributed by atoms with Crippen molar-refractivity contribution in [2.24, 2.45) is 0 Å². The van der Waals surface area contributed by atoms with E-state index in [1.807, 2.05) is 0 Å². The lowest BCUT2D eigenvalue weighted by molar-refractivity contribution is -0.385. The fraction of sp³-hybridized carbons (Fsp3) is 0. The highest BCUT2D eigenvalue weighted by atomic mass is 79.9. The van der Waals surface area contributed by atoms with E-state index in [1.165, 1.54) is 29.7 Å². The Hall–Kier alpha value is -1.83. The first-order valence-corrected chi connectivity index (χ1v) is 4.62. The molecule has 0 fully saturated rings. The third-order valence-corrected chi connectivity index (χ3v) is 2.28. The van der Waals surface area contributed by atoms with Crippen LogP contribution in [0.4, 0.5) is 5.69 Å². The molecule has 0 spiro atoms. The molecule has 0 saturated carbocycles. The summed E-state index contributed by atoms with van der Waals surface area (Å²) in [6.07, 6.45) is 5.31. The van der Waals surface area contributed by atoms with E-state index in [0.717, 1.165) is 0 Å². The van der Waals surface area contributed by atoms with Gasteiger partial charge in [0.1, 0.15) is 18.9 Å². The molecule has 0 unspecified atom stereocenters. The number of nitro groups is 1. The normalized spacial score (nSPS) is 10.2. The Kier molecular flexibility index (Phi) is 2.42. The highest BCUT2D eigenvalue weighted by Crippen LogP contribution is 2.28. The van der Waals surface area contributed by atoms with Gasteiger partial charge in [-0.2, -0.15) is 5.10 Å². The zero-order valence-electron chi connectivity index (χ0n) is 7.24. The molecule has 0 radical (unpaired) electrons. The maximum absolute atomic E-state index is 10.8. The Balaban J connectivity index is 2.68. The number of hydrogen-bond acceptors (Lipinski definition) is 5. The molecule has 0 bridgehead atoms. The van der Waals surface area contributed by atoms with Crippen LogP contribution >= 0.6 is 15.9 Å². The second kappa shape index (κ2) is 3.73. The van der Waals surface area contributed by atoms with Crippen LogP contribution in [0.2, 0.25) is 0 Å². The van der Waals surface area contributed by atoms with Crippen molar-refractivity contribution in [3.8, 4) is 5.69 Å². The number of nitrogens with zero attached hydrogens (tertiary/aromatic N) is 5. The van der Waals surface area contributed by atoms with Crippen molar-refractivity contribution in [1.82, 2.24) is 19.7 Å². The van der Waals surface area contributed by atoms with Crippen LogP contribution in [0.15, 0.2) is 29.5 Å². The molecule has 0 atom stereocenters. The molecule has 0 amide bonds. The van der Waals surface area contributed by atoms with Crippen LogP contribution < -0.4 is 0 Å². The van der Waals surface area contributed by atoms with Gasteiger partial charge in [-0.15, -0.1) is 0 Å². The number of rotatable bonds is 2. The molecule has 8 heteroatoms. The maximum Gasteiger partial charge on any atom is 0.314 e. The zero-order chi connectivity index (χ0) is 10.8. The Morgan fingerprint density at radius 2 is 2.20 bits per heavy atom. The maximum atomic E-state index is 10.8. The molecule has 0 N–H and O–H groups in total. The monoisotopic (exact) mass is 269 g/mol. The number of pyridine rings is 1. The quantitative estimate of drug-likeness (QED) is 0.606. The van der Waals surface area contributed by atoms with Crippen molar-refractivity contribution in [2.75, 3.05) is 0 Å². The summed E-state index contributed by atoms with van der Waals surface area (Å²) in [5, 5.41) is 14.6. The molecular formula is C7H4BrN5O2. The van der Waals surface area contributed by atoms with E-state index >= 15 is 0 Å². The summed E-state index contributed by atoms with van der Waals surface area (Å²) >= 11 is 3.18. The number of hydrogen-bond donors (Lipinski definition) is 0. The summed E-state index contributed by atoms with van der Waals surface area (Å²) < 4.78 is 1.80. The second-order valence-corrected chi connectivity index (χ2v) is 3.44. The van der Waals surface area contributed by atoms with Crippen molar-refractivity contribution >= 4 is 21.6 Å². The van der Waals surface area contributed by atoms with E-state index in [9.17, 15) is 10.1 Å². The highest BCUT2D eigenvalue weighted by Gasteiger charge is 2.19. The minimum absolute atomic E-state index is 0.130. The molecule has 2 heterocycles. The van der Waals surface area contributed by atoms with Gasteiger partial charge in [0.15, 0.2) is 5.69 Å². The first-order chi connectivity index (χ1) is 7.20. The predicted molar refractivity (Wildman–Crippen MR) is 53.5 cm³/mol. The van der Waals surface area contributed by atoms with Gasteiger partial charge in [0.05, 0.1) is 9.40 Å². The Bertz CT molecular complexity index is 498. The van der Waals surface area contributed by atoms with Gasteiger partial charge < -0.3 is 0 Å². The smallest absolute Gasteiger partial charge is 0.258 e. The lowest BCUT2D eigenvalue weighted by atomic mass is 10.3. The van der Waals surface area contributed by atoms with Crippen molar-refractivity contribution in [1.29, 1.82) is 0 Å². The largest absolute Gasteiger partial charge is 0.314 e. The van der Waals surface area contributed by atoms with Crippen molar-refractivity contribution in [3.63, 3.8) is 0 Å². The van der Waals surface area contributed by atoms with Gasteiger partial charge in [0, 0.05) is 6.20 Å². The summed E-state index contributed by atoms with van der Waals surface area (Å²) in [6.45, 7) is 0. The fourth-order valence-corrected chi connectivity index (χ4v) is 1.61. The van der Waals surface area contributed by atoms with Crippen LogP contribution in [0.1, 0.15) is 0 Å². The lowest BCUT2D eigenvalue weighted by Crippen LogP contribution is -2.02. The van der Waals surface area contributed by atoms with Crippen LogP contribution in [-0.4, -0.2) is 24.7 Å². The SMILES string of the molecule is O=[N+]([O-])c1cncc(Br)c1-n1cncn1. The standard InChI is InChI=1S/C7H4BrN5O2/c8-5-1-9-2-6(13(14)15)7(5)12-4-10-3-11-12/h1-4H. The van der Waals surface area contributed by atoms with Gasteiger partial charge in [-0.1, -0.05) is 0 Å². The third kappa shape index (κ3) is 1.71. The topological polar surface area (TPSA) is 86.7 Å². The molecule has 76 valence electrons. The molecule has 0 aromatic carbocycles. The van der Waals surface area contributed by atoms with Gasteiger partial charge in [0.2, 0.25) is 0 Å². The minimum Gasteiger partial charge on any atom is -0.258 e. The van der Waals surface area contributed by atoms with Crippen LogP contribution in [0.5, 0.6) is 0 Å². The van der Waals surface area contributed by atoms with E-state index in [-0.39, 0.29) is 5.69 Å². The molecule has 7 nitrogen and oxygen atoms in total. The highest BCUT2D eigenvalue weighted by molar-refractivity contribution is 9.10. The van der Waals surface area contributed by atoms with Gasteiger partial charge in [-0.25, -0.2) is 9.67 Å². The number of aromatic nitrogens is 4. The Labute approximate surface area is 92.1 Å². The minimum atomic E-state index is -0.519. The summed E-state index contributed by atoms with van der Waals surface area (Å²) in [4.78, 5) is 17.7. The number of halogens is 1. The molecule has 0 aliphatic carbocycles. The second-order valence-electron chi connectivity index (χ2n) is 2.59. The van der Waals surface area contributed by atoms with Gasteiger partial charge in [-0.3, -0.25) is 15.1 Å². The molecule has 2 rings (SSSR count). The van der Waals surface area contributed by atoms with E-state index in [1.54, 1.807) is 0 Å². The van der Waals surface area contributed by atoms with Gasteiger partial charge in [0.25, 0.3) is 0 Å². The van der Waals surface area contributed by atoms with E-state index in [2.05, 4.69) is 31.0 Å². The molecule has 2 aromatic heterocycles.